The monoisotopic (exact) mass is 337 g/mol. The van der Waals surface area contributed by atoms with Crippen molar-refractivity contribution in [2.45, 2.75) is 32.8 Å². The number of carbonyl (C=O) groups is 1. The van der Waals surface area contributed by atoms with Crippen molar-refractivity contribution in [3.05, 3.63) is 0 Å². The topological polar surface area (TPSA) is 54.0 Å². The van der Waals surface area contributed by atoms with E-state index in [1.807, 2.05) is 14.1 Å². The SMILES string of the molecule is C[B]CC(=O)NCCOCCOCCN1CCN([B]C(C)C)CC1. The van der Waals surface area contributed by atoms with Crippen molar-refractivity contribution >= 4 is 20.6 Å². The van der Waals surface area contributed by atoms with Crippen LogP contribution in [-0.2, 0) is 14.3 Å². The van der Waals surface area contributed by atoms with Gasteiger partial charge in [-0.05, 0) is 19.4 Å². The molecule has 2 radical (unpaired) electrons. The molecule has 0 aromatic heterocycles. The molecule has 0 aromatic carbocycles. The molecule has 8 heteroatoms. The Morgan fingerprint density at radius 1 is 1.08 bits per heavy atom. The summed E-state index contributed by atoms with van der Waals surface area (Å²) in [6, 6.07) is 0. The second kappa shape index (κ2) is 13.7. The summed E-state index contributed by atoms with van der Waals surface area (Å²) in [5, 5.41) is 2.79. The molecule has 1 N–H and O–H groups in total. The molecule has 0 aliphatic carbocycles. The van der Waals surface area contributed by atoms with Crippen LogP contribution in [0.2, 0.25) is 19.0 Å². The molecule has 0 atom stereocenters. The highest BCUT2D eigenvalue weighted by Gasteiger charge is 2.17. The van der Waals surface area contributed by atoms with Gasteiger partial charge in [-0.25, -0.2) is 0 Å². The maximum absolute atomic E-state index is 11.2. The van der Waals surface area contributed by atoms with Crippen molar-refractivity contribution in [1.82, 2.24) is 15.0 Å². The van der Waals surface area contributed by atoms with E-state index in [0.717, 1.165) is 39.3 Å². The van der Waals surface area contributed by atoms with Crippen LogP contribution in [0.15, 0.2) is 0 Å². The molecular formula is C16H33B2N3O3. The summed E-state index contributed by atoms with van der Waals surface area (Å²) in [4.78, 5) is 16.1. The van der Waals surface area contributed by atoms with E-state index in [0.29, 0.717) is 38.5 Å². The number of piperazine rings is 1. The van der Waals surface area contributed by atoms with E-state index in [4.69, 9.17) is 9.47 Å². The molecule has 1 aliphatic heterocycles. The number of rotatable bonds is 13. The number of carbonyl (C=O) groups excluding carboxylic acids is 1. The molecule has 0 unspecified atom stereocenters. The van der Waals surface area contributed by atoms with Gasteiger partial charge >= 0.3 is 0 Å². The predicted molar refractivity (Wildman–Crippen MR) is 99.9 cm³/mol. The van der Waals surface area contributed by atoms with Crippen LogP contribution in [-0.4, -0.2) is 96.0 Å². The van der Waals surface area contributed by atoms with Crippen LogP contribution in [0.5, 0.6) is 0 Å². The molecule has 136 valence electrons. The van der Waals surface area contributed by atoms with Gasteiger partial charge in [0.2, 0.25) is 13.3 Å². The lowest BCUT2D eigenvalue weighted by Gasteiger charge is -2.35. The van der Waals surface area contributed by atoms with Gasteiger partial charge in [-0.15, -0.1) is 0 Å². The van der Waals surface area contributed by atoms with Gasteiger partial charge in [0, 0.05) is 26.2 Å². The van der Waals surface area contributed by atoms with E-state index in [1.54, 1.807) is 0 Å². The normalized spacial score (nSPS) is 16.3. The molecule has 1 amide bonds. The second-order valence-corrected chi connectivity index (χ2v) is 6.46. The molecule has 0 saturated carbocycles. The molecule has 1 heterocycles. The minimum absolute atomic E-state index is 0.0449. The number of nitrogens with zero attached hydrogens (tertiary/aromatic N) is 2. The first-order chi connectivity index (χ1) is 11.6. The van der Waals surface area contributed by atoms with Gasteiger partial charge in [0.05, 0.1) is 26.4 Å². The summed E-state index contributed by atoms with van der Waals surface area (Å²) in [5.41, 5.74) is 0. The maximum atomic E-state index is 11.2. The molecule has 0 spiro atoms. The van der Waals surface area contributed by atoms with E-state index in [-0.39, 0.29) is 5.91 Å². The van der Waals surface area contributed by atoms with Crippen molar-refractivity contribution in [1.29, 1.82) is 0 Å². The average molecular weight is 337 g/mol. The quantitative estimate of drug-likeness (QED) is 0.389. The summed E-state index contributed by atoms with van der Waals surface area (Å²) in [6.07, 6.45) is 0.465. The zero-order chi connectivity index (χ0) is 17.6. The van der Waals surface area contributed by atoms with Crippen LogP contribution in [0.3, 0.4) is 0 Å². The highest BCUT2D eigenvalue weighted by atomic mass is 16.5. The zero-order valence-corrected chi connectivity index (χ0v) is 15.6. The summed E-state index contributed by atoms with van der Waals surface area (Å²) in [5.74, 6) is 0.668. The summed E-state index contributed by atoms with van der Waals surface area (Å²) < 4.78 is 11.0. The van der Waals surface area contributed by atoms with Crippen LogP contribution < -0.4 is 5.32 Å². The summed E-state index contributed by atoms with van der Waals surface area (Å²) in [7, 11) is 4.17. The van der Waals surface area contributed by atoms with Crippen LogP contribution in [0.1, 0.15) is 13.8 Å². The smallest absolute Gasteiger partial charge is 0.212 e. The minimum Gasteiger partial charge on any atom is -0.378 e. The van der Waals surface area contributed by atoms with Gasteiger partial charge < -0.3 is 19.6 Å². The first-order valence-corrected chi connectivity index (χ1v) is 9.13. The highest BCUT2D eigenvalue weighted by Crippen LogP contribution is 2.06. The third-order valence-corrected chi connectivity index (χ3v) is 3.80. The fourth-order valence-electron chi connectivity index (χ4n) is 2.59. The number of ether oxygens (including phenoxy) is 2. The second-order valence-electron chi connectivity index (χ2n) is 6.46. The first kappa shape index (κ1) is 21.5. The molecule has 0 bridgehead atoms. The molecule has 1 rings (SSSR count). The molecule has 24 heavy (non-hydrogen) atoms. The van der Waals surface area contributed by atoms with E-state index in [1.165, 1.54) is 0 Å². The van der Waals surface area contributed by atoms with Crippen molar-refractivity contribution in [2.24, 2.45) is 0 Å². The van der Waals surface area contributed by atoms with Crippen LogP contribution in [0.25, 0.3) is 0 Å². The van der Waals surface area contributed by atoms with E-state index in [2.05, 4.69) is 36.3 Å². The van der Waals surface area contributed by atoms with E-state index >= 15 is 0 Å². The third kappa shape index (κ3) is 11.1. The lowest BCUT2D eigenvalue weighted by atomic mass is 9.76. The lowest BCUT2D eigenvalue weighted by Crippen LogP contribution is -2.48. The first-order valence-electron chi connectivity index (χ1n) is 9.13. The number of nitrogens with one attached hydrogen (secondary N) is 1. The number of hydrogen-bond acceptors (Lipinski definition) is 5. The van der Waals surface area contributed by atoms with E-state index < -0.39 is 0 Å². The molecule has 0 aromatic rings. The Balaban J connectivity index is 1.85. The Bertz CT molecular complexity index is 328. The Labute approximate surface area is 149 Å². The van der Waals surface area contributed by atoms with Gasteiger partial charge in [0.15, 0.2) is 0 Å². The van der Waals surface area contributed by atoms with Crippen LogP contribution in [0.4, 0.5) is 0 Å². The van der Waals surface area contributed by atoms with Gasteiger partial charge in [0.25, 0.3) is 0 Å². The van der Waals surface area contributed by atoms with Crippen molar-refractivity contribution in [3.8, 4) is 0 Å². The van der Waals surface area contributed by atoms with Crippen LogP contribution >= 0.6 is 0 Å². The maximum Gasteiger partial charge on any atom is 0.212 e. The highest BCUT2D eigenvalue weighted by molar-refractivity contribution is 6.39. The fraction of sp³-hybridized carbons (Fsp3) is 0.938. The molecule has 1 saturated heterocycles. The third-order valence-electron chi connectivity index (χ3n) is 3.80. The lowest BCUT2D eigenvalue weighted by molar-refractivity contribution is -0.119. The molecule has 6 nitrogen and oxygen atoms in total. The molecular weight excluding hydrogens is 304 g/mol. The van der Waals surface area contributed by atoms with E-state index in [9.17, 15) is 4.79 Å². The molecule has 1 aliphatic rings. The standard InChI is InChI=1S/C16H33B2N3O3/c1-15(2)18-21-7-5-20(6-8-21)9-11-24-13-12-23-10-4-19-16(22)14-17-3/h15H,4-14H2,1-3H3,(H,19,22). The van der Waals surface area contributed by atoms with Crippen molar-refractivity contribution < 1.29 is 14.3 Å². The Kier molecular flexibility index (Phi) is 12.3. The summed E-state index contributed by atoms with van der Waals surface area (Å²) >= 11 is 0. The average Bonchev–Trinajstić information content (AvgIpc) is 2.54. The van der Waals surface area contributed by atoms with Gasteiger partial charge in [-0.1, -0.05) is 26.5 Å². The largest absolute Gasteiger partial charge is 0.378 e. The number of amides is 1. The fourth-order valence-corrected chi connectivity index (χ4v) is 2.59. The van der Waals surface area contributed by atoms with Gasteiger partial charge in [0.1, 0.15) is 7.28 Å². The Hall–Kier alpha value is -0.560. The van der Waals surface area contributed by atoms with Crippen LogP contribution in [0, 0.1) is 0 Å². The van der Waals surface area contributed by atoms with Gasteiger partial charge in [-0.3, -0.25) is 9.69 Å². The zero-order valence-electron chi connectivity index (χ0n) is 15.6. The van der Waals surface area contributed by atoms with Crippen molar-refractivity contribution in [2.75, 3.05) is 65.7 Å². The summed E-state index contributed by atoms with van der Waals surface area (Å²) in [6.45, 7) is 14.8. The van der Waals surface area contributed by atoms with Gasteiger partial charge in [-0.2, -0.15) is 0 Å². The molecule has 1 fully saturated rings. The Morgan fingerprint density at radius 2 is 1.75 bits per heavy atom. The predicted octanol–water partition coefficient (Wildman–Crippen LogP) is 0.372. The minimum atomic E-state index is 0.0449. The van der Waals surface area contributed by atoms with Crippen molar-refractivity contribution in [3.63, 3.8) is 0 Å². The Morgan fingerprint density at radius 3 is 2.38 bits per heavy atom. The number of hydrogen-bond donors (Lipinski definition) is 1.